The van der Waals surface area contributed by atoms with E-state index in [1.165, 1.54) is 0 Å². The SMILES string of the molecule is CC(C)C(N)C(=O)NC(C(=O)O)C(O)C[C@H]1CN2C(=O)C[C@@H]2O1. The molecule has 3 unspecified atom stereocenters. The van der Waals surface area contributed by atoms with Crippen LogP contribution in [0.3, 0.4) is 0 Å². The number of ether oxygens (including phenoxy) is 1. The molecule has 0 aromatic heterocycles. The quantitative estimate of drug-likeness (QED) is 0.406. The Bertz CT molecular complexity index is 497. The minimum atomic E-state index is -1.47. The standard InChI is InChI=1S/C14H23N3O6/c1-6(2)11(15)13(20)16-12(14(21)22)8(18)3-7-5-17-9(19)4-10(17)23-7/h6-8,10-12,18H,3-5,15H2,1-2H3,(H,16,20)(H,21,22)/t7-,8?,10-,11?,12?/m0/s1. The van der Waals surface area contributed by atoms with Crippen LogP contribution in [0, 0.1) is 5.92 Å². The molecule has 23 heavy (non-hydrogen) atoms. The number of carbonyl (C=O) groups excluding carboxylic acids is 2. The number of rotatable bonds is 7. The number of carboxylic acid groups (broad SMARTS) is 1. The summed E-state index contributed by atoms with van der Waals surface area (Å²) in [6.07, 6.45) is -1.73. The second-order valence-electron chi connectivity index (χ2n) is 6.36. The Hall–Kier alpha value is -1.71. The Morgan fingerprint density at radius 2 is 2.13 bits per heavy atom. The average molecular weight is 329 g/mol. The molecule has 2 aliphatic rings. The first-order valence-electron chi connectivity index (χ1n) is 7.62. The molecule has 2 aliphatic heterocycles. The fraction of sp³-hybridized carbons (Fsp3) is 0.786. The Labute approximate surface area is 133 Å². The molecule has 2 amide bonds. The van der Waals surface area contributed by atoms with Crippen LogP contribution in [0.25, 0.3) is 0 Å². The van der Waals surface area contributed by atoms with E-state index < -0.39 is 36.2 Å². The number of β-lactam (4-membered cyclic amide) rings is 1. The van der Waals surface area contributed by atoms with Gasteiger partial charge in [0.25, 0.3) is 0 Å². The third kappa shape index (κ3) is 3.80. The first kappa shape index (κ1) is 17.6. The maximum atomic E-state index is 11.9. The van der Waals surface area contributed by atoms with Gasteiger partial charge in [-0.05, 0) is 5.92 Å². The largest absolute Gasteiger partial charge is 0.480 e. The Balaban J connectivity index is 1.91. The summed E-state index contributed by atoms with van der Waals surface area (Å²) in [5, 5.41) is 21.6. The van der Waals surface area contributed by atoms with E-state index in [1.807, 2.05) is 0 Å². The lowest BCUT2D eigenvalue weighted by Crippen LogP contribution is -2.55. The van der Waals surface area contributed by atoms with Crippen LogP contribution in [0.4, 0.5) is 0 Å². The number of aliphatic hydroxyl groups excluding tert-OH is 1. The summed E-state index contributed by atoms with van der Waals surface area (Å²) in [6, 6.07) is -2.33. The van der Waals surface area contributed by atoms with Gasteiger partial charge in [-0.2, -0.15) is 0 Å². The zero-order valence-electron chi connectivity index (χ0n) is 13.1. The van der Waals surface area contributed by atoms with E-state index >= 15 is 0 Å². The van der Waals surface area contributed by atoms with Crippen molar-refractivity contribution in [3.8, 4) is 0 Å². The van der Waals surface area contributed by atoms with Crippen LogP contribution in [0.1, 0.15) is 26.7 Å². The van der Waals surface area contributed by atoms with Crippen molar-refractivity contribution in [3.63, 3.8) is 0 Å². The highest BCUT2D eigenvalue weighted by molar-refractivity contribution is 5.87. The third-order valence-corrected chi connectivity index (χ3v) is 4.24. The summed E-state index contributed by atoms with van der Waals surface area (Å²) in [4.78, 5) is 36.0. The minimum absolute atomic E-state index is 0.00838. The Kier molecular flexibility index (Phi) is 5.23. The van der Waals surface area contributed by atoms with Gasteiger partial charge >= 0.3 is 5.97 Å². The van der Waals surface area contributed by atoms with Gasteiger partial charge in [0.2, 0.25) is 11.8 Å². The smallest absolute Gasteiger partial charge is 0.328 e. The number of hydrogen-bond acceptors (Lipinski definition) is 6. The molecule has 0 saturated carbocycles. The molecule has 5 atom stereocenters. The fourth-order valence-corrected chi connectivity index (χ4v) is 2.66. The zero-order valence-corrected chi connectivity index (χ0v) is 13.1. The van der Waals surface area contributed by atoms with Crippen LogP contribution in [0.5, 0.6) is 0 Å². The Morgan fingerprint density at radius 1 is 1.48 bits per heavy atom. The lowest BCUT2D eigenvalue weighted by molar-refractivity contribution is -0.157. The number of aliphatic hydroxyl groups is 1. The highest BCUT2D eigenvalue weighted by Crippen LogP contribution is 2.30. The van der Waals surface area contributed by atoms with E-state index in [-0.39, 0.29) is 24.5 Å². The van der Waals surface area contributed by atoms with Gasteiger partial charge in [0.15, 0.2) is 6.04 Å². The number of fused-ring (bicyclic) bond motifs is 1. The van der Waals surface area contributed by atoms with Crippen LogP contribution >= 0.6 is 0 Å². The van der Waals surface area contributed by atoms with Crippen molar-refractivity contribution in [2.45, 2.75) is 57.2 Å². The van der Waals surface area contributed by atoms with E-state index in [0.717, 1.165) is 0 Å². The summed E-state index contributed by atoms with van der Waals surface area (Å²) in [6.45, 7) is 3.81. The lowest BCUT2D eigenvalue weighted by atomic mass is 10.0. The number of carboxylic acids is 1. The van der Waals surface area contributed by atoms with E-state index in [0.29, 0.717) is 13.0 Å². The number of aliphatic carboxylic acids is 1. The maximum absolute atomic E-state index is 11.9. The minimum Gasteiger partial charge on any atom is -0.480 e. The number of hydrogen-bond donors (Lipinski definition) is 4. The molecule has 2 heterocycles. The van der Waals surface area contributed by atoms with Crippen molar-refractivity contribution in [3.05, 3.63) is 0 Å². The fourth-order valence-electron chi connectivity index (χ4n) is 2.66. The lowest BCUT2D eigenvalue weighted by Gasteiger charge is -2.31. The number of nitrogens with zero attached hydrogens (tertiary/aromatic N) is 1. The van der Waals surface area contributed by atoms with Crippen molar-refractivity contribution < 1.29 is 29.3 Å². The molecule has 0 spiro atoms. The van der Waals surface area contributed by atoms with Gasteiger partial charge in [-0.1, -0.05) is 13.8 Å². The summed E-state index contributed by atoms with van der Waals surface area (Å²) in [5.41, 5.74) is 5.68. The summed E-state index contributed by atoms with van der Waals surface area (Å²) in [5.74, 6) is -2.15. The monoisotopic (exact) mass is 329 g/mol. The van der Waals surface area contributed by atoms with E-state index in [9.17, 15) is 24.6 Å². The molecule has 2 rings (SSSR count). The van der Waals surface area contributed by atoms with Gasteiger partial charge in [0.05, 0.1) is 24.7 Å². The second-order valence-corrected chi connectivity index (χ2v) is 6.36. The van der Waals surface area contributed by atoms with Crippen molar-refractivity contribution >= 4 is 17.8 Å². The van der Waals surface area contributed by atoms with Crippen molar-refractivity contribution in [2.75, 3.05) is 6.54 Å². The normalized spacial score (nSPS) is 27.2. The third-order valence-electron chi connectivity index (χ3n) is 4.24. The van der Waals surface area contributed by atoms with Crippen LogP contribution in [0.15, 0.2) is 0 Å². The first-order chi connectivity index (χ1) is 10.7. The van der Waals surface area contributed by atoms with Gasteiger partial charge in [0.1, 0.15) is 6.23 Å². The molecule has 0 aromatic carbocycles. The van der Waals surface area contributed by atoms with Gasteiger partial charge < -0.3 is 30.9 Å². The molecule has 2 fully saturated rings. The molecule has 9 nitrogen and oxygen atoms in total. The van der Waals surface area contributed by atoms with Crippen LogP contribution in [-0.4, -0.2) is 70.0 Å². The Morgan fingerprint density at radius 3 is 2.61 bits per heavy atom. The molecule has 2 saturated heterocycles. The second kappa shape index (κ2) is 6.81. The molecule has 0 bridgehead atoms. The van der Waals surface area contributed by atoms with Crippen LogP contribution < -0.4 is 11.1 Å². The van der Waals surface area contributed by atoms with E-state index in [4.69, 9.17) is 10.5 Å². The summed E-state index contributed by atoms with van der Waals surface area (Å²) >= 11 is 0. The molecule has 0 aromatic rings. The summed E-state index contributed by atoms with van der Waals surface area (Å²) in [7, 11) is 0. The predicted octanol–water partition coefficient (Wildman–Crippen LogP) is -1.75. The van der Waals surface area contributed by atoms with E-state index in [1.54, 1.807) is 18.7 Å². The van der Waals surface area contributed by atoms with Gasteiger partial charge in [-0.3, -0.25) is 9.59 Å². The molecular weight excluding hydrogens is 306 g/mol. The number of amides is 2. The molecule has 0 aliphatic carbocycles. The average Bonchev–Trinajstić information content (AvgIpc) is 2.79. The highest BCUT2D eigenvalue weighted by Gasteiger charge is 2.46. The molecular formula is C14H23N3O6. The van der Waals surface area contributed by atoms with Crippen LogP contribution in [-0.2, 0) is 19.1 Å². The van der Waals surface area contributed by atoms with Crippen LogP contribution in [0.2, 0.25) is 0 Å². The van der Waals surface area contributed by atoms with Gasteiger partial charge in [-0.15, -0.1) is 0 Å². The maximum Gasteiger partial charge on any atom is 0.328 e. The highest BCUT2D eigenvalue weighted by atomic mass is 16.5. The van der Waals surface area contributed by atoms with Crippen molar-refractivity contribution in [1.82, 2.24) is 10.2 Å². The number of nitrogens with two attached hydrogens (primary N) is 1. The molecule has 0 radical (unpaired) electrons. The topological polar surface area (TPSA) is 142 Å². The number of nitrogens with one attached hydrogen (secondary N) is 1. The van der Waals surface area contributed by atoms with Gasteiger partial charge in [0, 0.05) is 13.0 Å². The summed E-state index contributed by atoms with van der Waals surface area (Å²) < 4.78 is 5.54. The molecule has 5 N–H and O–H groups in total. The number of carbonyl (C=O) groups is 3. The molecule has 130 valence electrons. The van der Waals surface area contributed by atoms with E-state index in [2.05, 4.69) is 5.32 Å². The van der Waals surface area contributed by atoms with Crippen molar-refractivity contribution in [2.24, 2.45) is 11.7 Å². The predicted molar refractivity (Wildman–Crippen MR) is 78.0 cm³/mol. The van der Waals surface area contributed by atoms with Crippen molar-refractivity contribution in [1.29, 1.82) is 0 Å². The molecule has 9 heteroatoms. The zero-order chi connectivity index (χ0) is 17.3. The van der Waals surface area contributed by atoms with Gasteiger partial charge in [-0.25, -0.2) is 4.79 Å². The first-order valence-corrected chi connectivity index (χ1v) is 7.62.